The van der Waals surface area contributed by atoms with Gasteiger partial charge in [0.05, 0.1) is 0 Å². The van der Waals surface area contributed by atoms with Crippen LogP contribution in [-0.2, 0) is 30.7 Å². The quantitative estimate of drug-likeness (QED) is 0.200. The van der Waals surface area contributed by atoms with Gasteiger partial charge in [-0.3, -0.25) is 0 Å². The average Bonchev–Trinajstić information content (AvgIpc) is 3.58. The summed E-state index contributed by atoms with van der Waals surface area (Å²) in [5, 5.41) is 5.56. The molecule has 1 heteroatoms. The number of allylic oxidation sites excluding steroid dienone is 4. The van der Waals surface area contributed by atoms with E-state index < -0.39 is 0 Å². The van der Waals surface area contributed by atoms with Crippen molar-refractivity contribution in [1.82, 2.24) is 0 Å². The maximum atomic E-state index is 2.37. The fourth-order valence-corrected chi connectivity index (χ4v) is 5.76. The number of hydrogen-bond donors (Lipinski definition) is 0. The molecular formula is C34H29Zr-. The van der Waals surface area contributed by atoms with Crippen LogP contribution in [0.4, 0.5) is 0 Å². The van der Waals surface area contributed by atoms with Gasteiger partial charge < -0.3 is 0 Å². The second kappa shape index (κ2) is 11.1. The van der Waals surface area contributed by atoms with Gasteiger partial charge in [-0.15, -0.1) is 33.7 Å². The van der Waals surface area contributed by atoms with Crippen molar-refractivity contribution in [1.29, 1.82) is 0 Å². The van der Waals surface area contributed by atoms with Gasteiger partial charge in [-0.2, -0.15) is 0 Å². The van der Waals surface area contributed by atoms with Crippen molar-refractivity contribution in [2.24, 2.45) is 0 Å². The van der Waals surface area contributed by atoms with Gasteiger partial charge in [0.25, 0.3) is 0 Å². The Morgan fingerprint density at radius 3 is 2.06 bits per heavy atom. The number of benzene rings is 4. The van der Waals surface area contributed by atoms with Crippen molar-refractivity contribution < 1.29 is 24.2 Å². The number of fused-ring (bicyclic) bond motifs is 3. The Labute approximate surface area is 223 Å². The molecule has 0 aliphatic heterocycles. The van der Waals surface area contributed by atoms with Crippen LogP contribution in [0.25, 0.3) is 27.1 Å². The van der Waals surface area contributed by atoms with Crippen molar-refractivity contribution in [2.45, 2.75) is 26.2 Å². The van der Waals surface area contributed by atoms with Gasteiger partial charge in [0.15, 0.2) is 0 Å². The first-order valence-electron chi connectivity index (χ1n) is 12.4. The Morgan fingerprint density at radius 2 is 1.43 bits per heavy atom. The summed E-state index contributed by atoms with van der Waals surface area (Å²) in [5.41, 5.74) is 7.11. The molecule has 0 nitrogen and oxygen atoms in total. The molecule has 5 aromatic carbocycles. The summed E-state index contributed by atoms with van der Waals surface area (Å²) in [6.45, 7) is 2.26. The third-order valence-corrected chi connectivity index (χ3v) is 8.04. The van der Waals surface area contributed by atoms with E-state index in [1.165, 1.54) is 83.2 Å². The zero-order valence-electron chi connectivity index (χ0n) is 20.2. The molecule has 0 fully saturated rings. The topological polar surface area (TPSA) is 0 Å². The maximum absolute atomic E-state index is 2.37. The van der Waals surface area contributed by atoms with E-state index in [2.05, 4.69) is 128 Å². The minimum absolute atomic E-state index is 1.07. The predicted molar refractivity (Wildman–Crippen MR) is 149 cm³/mol. The molecule has 1 aliphatic carbocycles. The first-order valence-corrected chi connectivity index (χ1v) is 13.6. The molecule has 1 aliphatic rings. The monoisotopic (exact) mass is 527 g/mol. The standard InChI is InChI=1S/C21H19.C13H10.Zr/c1-2-7-15-12-13-19-18-11-6-5-10-17(18)14-20(19)21(15)16-8-3-4-9-16;1-3-7-12(8-4-1)11-13-9-5-2-6-10-13;/h3-6,8,10-14H,2,7,9H2,1H3;1-10H;/q-1;;. The SMILES string of the molecule is CCCc1ccc2c([cH-]c3ccccc32)c1C1=CC=CC1.[Zr]=[C](c1ccccc1)c1ccccc1. The summed E-state index contributed by atoms with van der Waals surface area (Å²) in [6.07, 6.45) is 10.1. The number of aryl methyl sites for hydroxylation is 1. The molecule has 0 saturated heterocycles. The van der Waals surface area contributed by atoms with Gasteiger partial charge in [0.2, 0.25) is 0 Å². The van der Waals surface area contributed by atoms with E-state index in [9.17, 15) is 0 Å². The summed E-state index contributed by atoms with van der Waals surface area (Å²) in [6, 6.07) is 36.9. The Morgan fingerprint density at radius 1 is 0.771 bits per heavy atom. The van der Waals surface area contributed by atoms with Crippen LogP contribution in [0.2, 0.25) is 0 Å². The van der Waals surface area contributed by atoms with E-state index in [-0.39, 0.29) is 0 Å². The van der Waals surface area contributed by atoms with Gasteiger partial charge in [-0.1, -0.05) is 78.6 Å². The molecule has 0 bridgehead atoms. The van der Waals surface area contributed by atoms with Crippen LogP contribution in [0.5, 0.6) is 0 Å². The molecule has 0 heterocycles. The fourth-order valence-electron chi connectivity index (χ4n) is 4.94. The van der Waals surface area contributed by atoms with Crippen molar-refractivity contribution in [3.63, 3.8) is 0 Å². The molecule has 0 amide bonds. The van der Waals surface area contributed by atoms with Gasteiger partial charge in [0.1, 0.15) is 0 Å². The second-order valence-electron chi connectivity index (χ2n) is 8.97. The Balaban J connectivity index is 0.000000158. The molecule has 5 aromatic rings. The molecule has 0 N–H and O–H groups in total. The average molecular weight is 529 g/mol. The van der Waals surface area contributed by atoms with Gasteiger partial charge >= 0.3 is 99.2 Å². The summed E-state index contributed by atoms with van der Waals surface area (Å²) in [4.78, 5) is 0. The van der Waals surface area contributed by atoms with Gasteiger partial charge in [-0.25, -0.2) is 0 Å². The molecule has 6 rings (SSSR count). The Bertz CT molecular complexity index is 1470. The molecule has 0 aromatic heterocycles. The summed E-state index contributed by atoms with van der Waals surface area (Å²) >= 11 is 1.46. The summed E-state index contributed by atoms with van der Waals surface area (Å²) in [7, 11) is 0. The molecule has 35 heavy (non-hydrogen) atoms. The summed E-state index contributed by atoms with van der Waals surface area (Å²) < 4.78 is 1.42. The van der Waals surface area contributed by atoms with E-state index in [4.69, 9.17) is 0 Å². The third kappa shape index (κ3) is 5.17. The third-order valence-electron chi connectivity index (χ3n) is 6.62. The van der Waals surface area contributed by atoms with E-state index in [0.717, 1.165) is 12.8 Å². The molecule has 0 saturated carbocycles. The minimum atomic E-state index is 1.07. The van der Waals surface area contributed by atoms with Crippen molar-refractivity contribution in [3.05, 3.63) is 144 Å². The first-order chi connectivity index (χ1) is 17.3. The molecule has 0 atom stereocenters. The van der Waals surface area contributed by atoms with E-state index >= 15 is 0 Å². The van der Waals surface area contributed by atoms with Crippen LogP contribution >= 0.6 is 0 Å². The van der Waals surface area contributed by atoms with E-state index in [0.29, 0.717) is 0 Å². The predicted octanol–water partition coefficient (Wildman–Crippen LogP) is 8.81. The Kier molecular flexibility index (Phi) is 7.55. The van der Waals surface area contributed by atoms with Crippen LogP contribution in [0.15, 0.2) is 121 Å². The van der Waals surface area contributed by atoms with Crippen molar-refractivity contribution >= 4 is 30.3 Å². The summed E-state index contributed by atoms with van der Waals surface area (Å²) in [5.74, 6) is 0. The van der Waals surface area contributed by atoms with Crippen molar-refractivity contribution in [2.75, 3.05) is 0 Å². The zero-order chi connectivity index (χ0) is 24.0. The van der Waals surface area contributed by atoms with Gasteiger partial charge in [-0.05, 0) is 12.8 Å². The first kappa shape index (κ1) is 23.7. The molecule has 0 unspecified atom stereocenters. The second-order valence-corrected chi connectivity index (χ2v) is 10.2. The number of rotatable bonds is 5. The van der Waals surface area contributed by atoms with Crippen molar-refractivity contribution in [3.8, 4) is 0 Å². The van der Waals surface area contributed by atoms with Crippen LogP contribution in [0.3, 0.4) is 0 Å². The molecule has 0 radical (unpaired) electrons. The normalized spacial score (nSPS) is 12.4. The molecule has 0 spiro atoms. The van der Waals surface area contributed by atoms with E-state index in [1.54, 1.807) is 0 Å². The van der Waals surface area contributed by atoms with Crippen LogP contribution in [0, 0.1) is 0 Å². The Hall–Kier alpha value is -3.02. The molecule has 170 valence electrons. The zero-order valence-corrected chi connectivity index (χ0v) is 22.6. The van der Waals surface area contributed by atoms with E-state index in [1.807, 2.05) is 0 Å². The van der Waals surface area contributed by atoms with Crippen LogP contribution in [0.1, 0.15) is 42.0 Å². The van der Waals surface area contributed by atoms with Crippen LogP contribution in [-0.4, -0.2) is 3.21 Å². The fraction of sp³-hybridized carbons (Fsp3) is 0.118. The number of hydrogen-bond acceptors (Lipinski definition) is 0. The van der Waals surface area contributed by atoms with Crippen LogP contribution < -0.4 is 0 Å². The molecular weight excluding hydrogens is 500 g/mol. The van der Waals surface area contributed by atoms with Gasteiger partial charge in [0, 0.05) is 0 Å².